The van der Waals surface area contributed by atoms with E-state index in [1.807, 2.05) is 0 Å². The van der Waals surface area contributed by atoms with E-state index in [2.05, 4.69) is 38.3 Å². The van der Waals surface area contributed by atoms with Crippen LogP contribution in [0.4, 0.5) is 4.79 Å². The SMILES string of the molecule is CC(C)CCC1(CCC(C)C)C(=O)NC(=O)NC1=O. The van der Waals surface area contributed by atoms with Gasteiger partial charge < -0.3 is 0 Å². The fourth-order valence-electron chi connectivity index (χ4n) is 2.23. The Morgan fingerprint density at radius 1 is 0.842 bits per heavy atom. The molecule has 0 unspecified atom stereocenters. The van der Waals surface area contributed by atoms with Gasteiger partial charge in [-0.25, -0.2) is 4.79 Å². The van der Waals surface area contributed by atoms with Crippen molar-refractivity contribution in [2.24, 2.45) is 17.3 Å². The van der Waals surface area contributed by atoms with Gasteiger partial charge in [-0.15, -0.1) is 0 Å². The molecular weight excluding hydrogens is 244 g/mol. The van der Waals surface area contributed by atoms with E-state index in [9.17, 15) is 14.4 Å². The molecule has 1 heterocycles. The molecule has 0 spiro atoms. The van der Waals surface area contributed by atoms with Crippen molar-refractivity contribution in [1.82, 2.24) is 10.6 Å². The van der Waals surface area contributed by atoms with Crippen LogP contribution in [0.15, 0.2) is 0 Å². The van der Waals surface area contributed by atoms with Gasteiger partial charge in [0.05, 0.1) is 0 Å². The van der Waals surface area contributed by atoms with Crippen LogP contribution in [-0.2, 0) is 9.59 Å². The lowest BCUT2D eigenvalue weighted by molar-refractivity contribution is -0.145. The lowest BCUT2D eigenvalue weighted by atomic mass is 9.74. The number of hydrogen-bond acceptors (Lipinski definition) is 3. The van der Waals surface area contributed by atoms with Crippen molar-refractivity contribution in [2.75, 3.05) is 0 Å². The number of barbiturate groups is 1. The van der Waals surface area contributed by atoms with Gasteiger partial charge in [-0.3, -0.25) is 20.2 Å². The van der Waals surface area contributed by atoms with Gasteiger partial charge in [-0.1, -0.05) is 27.7 Å². The number of imide groups is 2. The Balaban J connectivity index is 2.91. The maximum Gasteiger partial charge on any atom is 0.328 e. The zero-order valence-electron chi connectivity index (χ0n) is 12.2. The van der Waals surface area contributed by atoms with Crippen molar-refractivity contribution >= 4 is 17.8 Å². The zero-order chi connectivity index (χ0) is 14.6. The number of carbonyl (C=O) groups is 3. The molecule has 0 aromatic heterocycles. The van der Waals surface area contributed by atoms with E-state index in [0.29, 0.717) is 24.7 Å². The molecule has 5 heteroatoms. The topological polar surface area (TPSA) is 75.3 Å². The maximum absolute atomic E-state index is 12.2. The maximum atomic E-state index is 12.2. The summed E-state index contributed by atoms with van der Waals surface area (Å²) < 4.78 is 0. The first kappa shape index (κ1) is 15.7. The highest BCUT2D eigenvalue weighted by atomic mass is 16.2. The fraction of sp³-hybridized carbons (Fsp3) is 0.786. The number of hydrogen-bond donors (Lipinski definition) is 2. The van der Waals surface area contributed by atoms with Crippen molar-refractivity contribution in [3.05, 3.63) is 0 Å². The summed E-state index contributed by atoms with van der Waals surface area (Å²) in [6.45, 7) is 8.22. The van der Waals surface area contributed by atoms with Crippen molar-refractivity contribution in [3.63, 3.8) is 0 Å². The van der Waals surface area contributed by atoms with Crippen molar-refractivity contribution < 1.29 is 14.4 Å². The summed E-state index contributed by atoms with van der Waals surface area (Å²) in [7, 11) is 0. The second kappa shape index (κ2) is 6.17. The summed E-state index contributed by atoms with van der Waals surface area (Å²) in [5.41, 5.74) is -1.08. The quantitative estimate of drug-likeness (QED) is 0.725. The van der Waals surface area contributed by atoms with E-state index in [4.69, 9.17) is 0 Å². The molecule has 0 aromatic rings. The molecule has 0 radical (unpaired) electrons. The number of rotatable bonds is 6. The van der Waals surface area contributed by atoms with Crippen LogP contribution in [0.25, 0.3) is 0 Å². The van der Waals surface area contributed by atoms with Crippen molar-refractivity contribution in [1.29, 1.82) is 0 Å². The highest BCUT2D eigenvalue weighted by Gasteiger charge is 2.49. The van der Waals surface area contributed by atoms with E-state index in [1.54, 1.807) is 0 Å². The van der Waals surface area contributed by atoms with Crippen LogP contribution in [0, 0.1) is 17.3 Å². The second-order valence-corrected chi connectivity index (χ2v) is 6.18. The monoisotopic (exact) mass is 268 g/mol. The molecular formula is C14H24N2O3. The highest BCUT2D eigenvalue weighted by molar-refractivity contribution is 6.19. The predicted molar refractivity (Wildman–Crippen MR) is 72.3 cm³/mol. The first-order chi connectivity index (χ1) is 8.78. The van der Waals surface area contributed by atoms with Gasteiger partial charge >= 0.3 is 6.03 Å². The Morgan fingerprint density at radius 3 is 1.53 bits per heavy atom. The summed E-state index contributed by atoms with van der Waals surface area (Å²) in [5.74, 6) is -0.0617. The van der Waals surface area contributed by atoms with Crippen LogP contribution in [0.5, 0.6) is 0 Å². The number of amides is 4. The van der Waals surface area contributed by atoms with Crippen LogP contribution < -0.4 is 10.6 Å². The van der Waals surface area contributed by atoms with Gasteiger partial charge in [0.25, 0.3) is 0 Å². The standard InChI is InChI=1S/C14H24N2O3/c1-9(2)5-7-14(8-6-10(3)4)11(17)15-13(19)16-12(14)18/h9-10H,5-8H2,1-4H3,(H2,15,16,17,18,19). The van der Waals surface area contributed by atoms with Gasteiger partial charge in [0.1, 0.15) is 5.41 Å². The molecule has 1 aliphatic heterocycles. The Kier molecular flexibility index (Phi) is 5.09. The number of nitrogens with one attached hydrogen (secondary N) is 2. The molecule has 5 nitrogen and oxygen atoms in total. The van der Waals surface area contributed by atoms with Crippen molar-refractivity contribution in [3.8, 4) is 0 Å². The number of urea groups is 1. The van der Waals surface area contributed by atoms with Crippen LogP contribution in [0.3, 0.4) is 0 Å². The predicted octanol–water partition coefficient (Wildman–Crippen LogP) is 2.21. The minimum absolute atomic E-state index is 0.411. The molecule has 1 fully saturated rings. The smallest absolute Gasteiger partial charge is 0.277 e. The van der Waals surface area contributed by atoms with Crippen molar-refractivity contribution in [2.45, 2.75) is 53.4 Å². The second-order valence-electron chi connectivity index (χ2n) is 6.18. The molecule has 0 aromatic carbocycles. The van der Waals surface area contributed by atoms with E-state index >= 15 is 0 Å². The summed E-state index contributed by atoms with van der Waals surface area (Å²) >= 11 is 0. The molecule has 0 bridgehead atoms. The third kappa shape index (κ3) is 3.78. The molecule has 108 valence electrons. The third-order valence-corrected chi connectivity index (χ3v) is 3.62. The van der Waals surface area contributed by atoms with Crippen LogP contribution in [0.2, 0.25) is 0 Å². The average molecular weight is 268 g/mol. The minimum Gasteiger partial charge on any atom is -0.277 e. The van der Waals surface area contributed by atoms with Gasteiger partial charge in [-0.05, 0) is 37.5 Å². The van der Waals surface area contributed by atoms with E-state index in [0.717, 1.165) is 12.8 Å². The lowest BCUT2D eigenvalue weighted by Crippen LogP contribution is -2.62. The first-order valence-electron chi connectivity index (χ1n) is 6.95. The summed E-state index contributed by atoms with van der Waals surface area (Å²) in [5, 5.41) is 4.48. The largest absolute Gasteiger partial charge is 0.328 e. The lowest BCUT2D eigenvalue weighted by Gasteiger charge is -2.35. The molecule has 19 heavy (non-hydrogen) atoms. The highest BCUT2D eigenvalue weighted by Crippen LogP contribution is 2.35. The van der Waals surface area contributed by atoms with Gasteiger partial charge in [0.15, 0.2) is 0 Å². The molecule has 0 saturated carbocycles. The average Bonchev–Trinajstić information content (AvgIpc) is 2.26. The Morgan fingerprint density at radius 2 is 1.21 bits per heavy atom. The van der Waals surface area contributed by atoms with Gasteiger partial charge in [0.2, 0.25) is 11.8 Å². The van der Waals surface area contributed by atoms with Gasteiger partial charge in [0, 0.05) is 0 Å². The molecule has 1 aliphatic rings. The summed E-state index contributed by atoms with van der Waals surface area (Å²) in [4.78, 5) is 35.5. The molecule has 2 N–H and O–H groups in total. The van der Waals surface area contributed by atoms with Crippen LogP contribution in [0.1, 0.15) is 53.4 Å². The van der Waals surface area contributed by atoms with E-state index in [1.165, 1.54) is 0 Å². The summed E-state index contributed by atoms with van der Waals surface area (Å²) in [6.07, 6.45) is 2.55. The molecule has 0 aliphatic carbocycles. The Hall–Kier alpha value is -1.39. The fourth-order valence-corrected chi connectivity index (χ4v) is 2.23. The normalized spacial score (nSPS) is 18.7. The molecule has 1 saturated heterocycles. The minimum atomic E-state index is -1.08. The third-order valence-electron chi connectivity index (χ3n) is 3.62. The van der Waals surface area contributed by atoms with Crippen LogP contribution in [-0.4, -0.2) is 17.8 Å². The molecule has 4 amide bonds. The zero-order valence-corrected chi connectivity index (χ0v) is 12.2. The summed E-state index contributed by atoms with van der Waals surface area (Å²) in [6, 6.07) is -0.709. The molecule has 0 atom stereocenters. The Bertz CT molecular complexity index is 341. The van der Waals surface area contributed by atoms with Gasteiger partial charge in [-0.2, -0.15) is 0 Å². The Labute approximate surface area is 114 Å². The first-order valence-corrected chi connectivity index (χ1v) is 6.95. The number of carbonyl (C=O) groups excluding carboxylic acids is 3. The molecule has 1 rings (SSSR count). The van der Waals surface area contributed by atoms with E-state index in [-0.39, 0.29) is 0 Å². The van der Waals surface area contributed by atoms with E-state index < -0.39 is 23.3 Å². The van der Waals surface area contributed by atoms with Crippen LogP contribution >= 0.6 is 0 Å².